The molecule has 0 aromatic carbocycles. The molecule has 3 atom stereocenters. The van der Waals surface area contributed by atoms with Gasteiger partial charge in [-0.15, -0.1) is 35.0 Å². The van der Waals surface area contributed by atoms with Gasteiger partial charge in [-0.1, -0.05) is 19.9 Å². The van der Waals surface area contributed by atoms with E-state index in [1.54, 1.807) is 0 Å². The Hall–Kier alpha value is -1.41. The molecule has 144 valence electrons. The Labute approximate surface area is 164 Å². The van der Waals surface area contributed by atoms with Gasteiger partial charge in [-0.3, -0.25) is 9.20 Å². The summed E-state index contributed by atoms with van der Waals surface area (Å²) in [4.78, 5) is 12.9. The third-order valence-corrected chi connectivity index (χ3v) is 5.85. The molecule has 3 unspecified atom stereocenters. The highest BCUT2D eigenvalue weighted by Gasteiger charge is 2.70. The molecule has 1 saturated heterocycles. The van der Waals surface area contributed by atoms with E-state index in [0.717, 1.165) is 25.1 Å². The first-order valence-corrected chi connectivity index (χ1v) is 8.43. The molecule has 0 spiro atoms. The van der Waals surface area contributed by atoms with E-state index < -0.39 is 5.54 Å². The molecule has 2 fully saturated rings. The van der Waals surface area contributed by atoms with Crippen LogP contribution in [0.4, 0.5) is 0 Å². The number of nitrogens with one attached hydrogen (secondary N) is 1. The summed E-state index contributed by atoms with van der Waals surface area (Å²) in [6.07, 6.45) is 3.84. The summed E-state index contributed by atoms with van der Waals surface area (Å²) in [5.74, 6) is 0.638. The summed E-state index contributed by atoms with van der Waals surface area (Å²) in [6, 6.07) is 5.69. The van der Waals surface area contributed by atoms with E-state index in [1.807, 2.05) is 42.6 Å². The number of amides is 1. The molecular formula is C17H25Cl2N5O2. The first-order chi connectivity index (χ1) is 11.5. The highest BCUT2D eigenvalue weighted by molar-refractivity contribution is 5.89. The van der Waals surface area contributed by atoms with Crippen LogP contribution >= 0.6 is 24.8 Å². The molecule has 0 radical (unpaired) electrons. The van der Waals surface area contributed by atoms with E-state index in [0.29, 0.717) is 12.4 Å². The molecule has 7 nitrogen and oxygen atoms in total. The average Bonchev–Trinajstić information content (AvgIpc) is 3.02. The second kappa shape index (κ2) is 7.31. The third kappa shape index (κ3) is 2.78. The molecule has 1 saturated carbocycles. The zero-order valence-electron chi connectivity index (χ0n) is 14.8. The predicted molar refractivity (Wildman–Crippen MR) is 102 cm³/mol. The van der Waals surface area contributed by atoms with Crippen LogP contribution < -0.4 is 11.1 Å². The Bertz CT molecular complexity index is 796. The van der Waals surface area contributed by atoms with Crippen molar-refractivity contribution in [2.24, 2.45) is 17.1 Å². The standard InChI is InChI=1S/C17H23N5O2.2ClH/c1-16(2)14-11(6-5-9-24-14)17(16,18)15(23)19-10-13-21-20-12-7-3-4-8-22(12)13;;/h3-4,7-8,11,14H,5-6,9-10,18H2,1-2H3,(H,19,23);2*1H. The fraction of sp³-hybridized carbons (Fsp3) is 0.588. The Balaban J connectivity index is 0.00000121. The van der Waals surface area contributed by atoms with Gasteiger partial charge in [0.1, 0.15) is 5.54 Å². The van der Waals surface area contributed by atoms with Crippen molar-refractivity contribution in [3.63, 3.8) is 0 Å². The molecule has 1 aliphatic carbocycles. The number of hydrogen-bond acceptors (Lipinski definition) is 5. The van der Waals surface area contributed by atoms with Gasteiger partial charge >= 0.3 is 0 Å². The highest BCUT2D eigenvalue weighted by Crippen LogP contribution is 2.57. The highest BCUT2D eigenvalue weighted by atomic mass is 35.5. The molecule has 3 heterocycles. The van der Waals surface area contributed by atoms with Crippen molar-refractivity contribution >= 4 is 36.4 Å². The maximum atomic E-state index is 12.9. The third-order valence-electron chi connectivity index (χ3n) is 5.85. The Morgan fingerprint density at radius 3 is 2.92 bits per heavy atom. The van der Waals surface area contributed by atoms with Gasteiger partial charge in [-0.05, 0) is 25.0 Å². The lowest BCUT2D eigenvalue weighted by Crippen LogP contribution is -2.82. The molecule has 2 aliphatic rings. The van der Waals surface area contributed by atoms with E-state index in [9.17, 15) is 4.79 Å². The summed E-state index contributed by atoms with van der Waals surface area (Å²) in [5, 5.41) is 11.2. The van der Waals surface area contributed by atoms with Crippen molar-refractivity contribution in [2.75, 3.05) is 6.61 Å². The van der Waals surface area contributed by atoms with Crippen molar-refractivity contribution in [1.82, 2.24) is 19.9 Å². The van der Waals surface area contributed by atoms with Gasteiger partial charge in [0.05, 0.1) is 12.6 Å². The quantitative estimate of drug-likeness (QED) is 0.816. The summed E-state index contributed by atoms with van der Waals surface area (Å²) < 4.78 is 7.72. The van der Waals surface area contributed by atoms with Gasteiger partial charge in [0.15, 0.2) is 11.5 Å². The molecule has 9 heteroatoms. The number of nitrogens with two attached hydrogens (primary N) is 1. The van der Waals surface area contributed by atoms with E-state index in [1.165, 1.54) is 0 Å². The van der Waals surface area contributed by atoms with Crippen molar-refractivity contribution in [3.8, 4) is 0 Å². The topological polar surface area (TPSA) is 94.5 Å². The van der Waals surface area contributed by atoms with Gasteiger partial charge < -0.3 is 15.8 Å². The number of carbonyl (C=O) groups excluding carboxylic acids is 1. The number of carbonyl (C=O) groups is 1. The van der Waals surface area contributed by atoms with E-state index in [2.05, 4.69) is 15.5 Å². The number of fused-ring (bicyclic) bond motifs is 2. The second-order valence-electron chi connectivity index (χ2n) is 7.36. The van der Waals surface area contributed by atoms with Gasteiger partial charge in [-0.25, -0.2) is 0 Å². The smallest absolute Gasteiger partial charge is 0.241 e. The lowest BCUT2D eigenvalue weighted by Gasteiger charge is -2.65. The van der Waals surface area contributed by atoms with Gasteiger partial charge in [0.25, 0.3) is 0 Å². The van der Waals surface area contributed by atoms with Crippen molar-refractivity contribution in [2.45, 2.75) is 44.9 Å². The van der Waals surface area contributed by atoms with Crippen LogP contribution in [-0.2, 0) is 16.1 Å². The summed E-state index contributed by atoms with van der Waals surface area (Å²) in [5.41, 5.74) is 6.07. The lowest BCUT2D eigenvalue weighted by atomic mass is 9.46. The second-order valence-corrected chi connectivity index (χ2v) is 7.36. The molecule has 2 aromatic heterocycles. The van der Waals surface area contributed by atoms with Crippen molar-refractivity contribution in [3.05, 3.63) is 30.2 Å². The average molecular weight is 402 g/mol. The lowest BCUT2D eigenvalue weighted by molar-refractivity contribution is -0.225. The maximum absolute atomic E-state index is 12.9. The molecule has 2 aromatic rings. The first-order valence-electron chi connectivity index (χ1n) is 8.43. The number of nitrogens with zero attached hydrogens (tertiary/aromatic N) is 3. The fourth-order valence-corrected chi connectivity index (χ4v) is 4.35. The van der Waals surface area contributed by atoms with Crippen LogP contribution in [0.3, 0.4) is 0 Å². The minimum atomic E-state index is -0.904. The fourth-order valence-electron chi connectivity index (χ4n) is 4.35. The predicted octanol–water partition coefficient (Wildman–Crippen LogP) is 1.72. The van der Waals surface area contributed by atoms with Crippen molar-refractivity contribution < 1.29 is 9.53 Å². The van der Waals surface area contributed by atoms with Crippen molar-refractivity contribution in [1.29, 1.82) is 0 Å². The number of aromatic nitrogens is 3. The van der Waals surface area contributed by atoms with Crippen LogP contribution in [-0.4, -0.2) is 38.8 Å². The molecule has 4 rings (SSSR count). The van der Waals surface area contributed by atoms with Crippen LogP contribution in [0.2, 0.25) is 0 Å². The van der Waals surface area contributed by atoms with Gasteiger partial charge in [0, 0.05) is 24.1 Å². The van der Waals surface area contributed by atoms with Crippen LogP contribution in [0.1, 0.15) is 32.5 Å². The summed E-state index contributed by atoms with van der Waals surface area (Å²) >= 11 is 0. The molecular weight excluding hydrogens is 377 g/mol. The minimum Gasteiger partial charge on any atom is -0.377 e. The normalized spacial score (nSPS) is 28.9. The summed E-state index contributed by atoms with van der Waals surface area (Å²) in [6.45, 7) is 5.10. The number of ether oxygens (including phenoxy) is 1. The number of pyridine rings is 1. The molecule has 1 amide bonds. The molecule has 0 bridgehead atoms. The van der Waals surface area contributed by atoms with Gasteiger partial charge in [-0.2, -0.15) is 0 Å². The maximum Gasteiger partial charge on any atom is 0.241 e. The molecule has 3 N–H and O–H groups in total. The summed E-state index contributed by atoms with van der Waals surface area (Å²) in [7, 11) is 0. The Morgan fingerprint density at radius 2 is 2.15 bits per heavy atom. The minimum absolute atomic E-state index is 0. The van der Waals surface area contributed by atoms with E-state index in [-0.39, 0.29) is 48.2 Å². The number of hydrogen-bond donors (Lipinski definition) is 2. The molecule has 1 aliphatic heterocycles. The van der Waals surface area contributed by atoms with Crippen LogP contribution in [0.5, 0.6) is 0 Å². The van der Waals surface area contributed by atoms with E-state index >= 15 is 0 Å². The molecule has 26 heavy (non-hydrogen) atoms. The van der Waals surface area contributed by atoms with Gasteiger partial charge in [0.2, 0.25) is 5.91 Å². The Morgan fingerprint density at radius 1 is 1.38 bits per heavy atom. The first kappa shape index (κ1) is 20.9. The van der Waals surface area contributed by atoms with Crippen LogP contribution in [0, 0.1) is 11.3 Å². The van der Waals surface area contributed by atoms with E-state index in [4.69, 9.17) is 10.5 Å². The largest absolute Gasteiger partial charge is 0.377 e. The number of rotatable bonds is 3. The monoisotopic (exact) mass is 401 g/mol. The number of halogens is 2. The Kier molecular flexibility index (Phi) is 5.87. The SMILES string of the molecule is CC1(C)C2OCCCC2C1(N)C(=O)NCc1nnc2ccccn12.Cl.Cl. The van der Waals surface area contributed by atoms with Crippen LogP contribution in [0.25, 0.3) is 5.65 Å². The van der Waals surface area contributed by atoms with Crippen LogP contribution in [0.15, 0.2) is 24.4 Å². The zero-order valence-corrected chi connectivity index (χ0v) is 16.5. The zero-order chi connectivity index (χ0) is 16.9.